The van der Waals surface area contributed by atoms with E-state index in [1.54, 1.807) is 9.58 Å². The molecule has 1 aromatic carbocycles. The minimum Gasteiger partial charge on any atom is -0.411 e. The monoisotopic (exact) mass is 582 g/mol. The lowest BCUT2D eigenvalue weighted by Crippen LogP contribution is -2.41. The van der Waals surface area contributed by atoms with Gasteiger partial charge in [-0.3, -0.25) is 9.48 Å². The van der Waals surface area contributed by atoms with Crippen LogP contribution in [0.5, 0.6) is 0 Å². The number of alkyl halides is 3. The van der Waals surface area contributed by atoms with Crippen molar-refractivity contribution in [3.63, 3.8) is 0 Å². The Labute approximate surface area is 237 Å². The molecule has 0 atom stereocenters. The van der Waals surface area contributed by atoms with E-state index in [1.165, 1.54) is 12.3 Å². The predicted molar refractivity (Wildman–Crippen MR) is 153 cm³/mol. The lowest BCUT2D eigenvalue weighted by molar-refractivity contribution is -0.140. The van der Waals surface area contributed by atoms with Crippen LogP contribution in [0.15, 0.2) is 36.5 Å². The number of aryl methyl sites for hydroxylation is 1. The highest BCUT2D eigenvalue weighted by Gasteiger charge is 2.38. The van der Waals surface area contributed by atoms with Crippen molar-refractivity contribution in [2.24, 2.45) is 0 Å². The van der Waals surface area contributed by atoms with Gasteiger partial charge in [0.15, 0.2) is 14.1 Å². The second-order valence-electron chi connectivity index (χ2n) is 11.9. The minimum atomic E-state index is -4.54. The molecule has 0 spiro atoms. The van der Waals surface area contributed by atoms with E-state index in [-0.39, 0.29) is 16.5 Å². The quantitative estimate of drug-likeness (QED) is 0.243. The van der Waals surface area contributed by atoms with Crippen LogP contribution in [0.1, 0.15) is 53.8 Å². The van der Waals surface area contributed by atoms with Crippen molar-refractivity contribution in [1.82, 2.24) is 24.7 Å². The number of carbonyl (C=O) groups excluding carboxylic acids is 1. The van der Waals surface area contributed by atoms with Gasteiger partial charge in [0.25, 0.3) is 5.91 Å². The third kappa shape index (κ3) is 5.37. The lowest BCUT2D eigenvalue weighted by atomic mass is 10.1. The number of benzene rings is 1. The van der Waals surface area contributed by atoms with Crippen LogP contribution in [0.25, 0.3) is 22.4 Å². The van der Waals surface area contributed by atoms with Crippen LogP contribution in [-0.2, 0) is 23.8 Å². The lowest BCUT2D eigenvalue weighted by Gasteiger charge is -2.35. The SMILES string of the molecule is Cc1cc(-c2ncc3nc(C(F)(F)F)ccc3n2)ccc1N1CCn2nc(CO[Si](C)(C)C(C)(C)C)c(C)c2C1=O. The number of anilines is 1. The summed E-state index contributed by atoms with van der Waals surface area (Å²) in [6.07, 6.45) is -3.25. The summed E-state index contributed by atoms with van der Waals surface area (Å²) >= 11 is 0. The number of hydrogen-bond acceptors (Lipinski definition) is 6. The number of fused-ring (bicyclic) bond motifs is 2. The number of halogens is 3. The van der Waals surface area contributed by atoms with Gasteiger partial charge >= 0.3 is 6.18 Å². The fourth-order valence-electron chi connectivity index (χ4n) is 4.61. The van der Waals surface area contributed by atoms with E-state index >= 15 is 0 Å². The van der Waals surface area contributed by atoms with Crippen LogP contribution in [0.4, 0.5) is 18.9 Å². The van der Waals surface area contributed by atoms with Crippen molar-refractivity contribution in [3.8, 4) is 11.4 Å². The number of pyridine rings is 1. The Hall–Kier alpha value is -3.64. The number of hydrogen-bond donors (Lipinski definition) is 0. The first-order chi connectivity index (χ1) is 19.1. The van der Waals surface area contributed by atoms with Gasteiger partial charge in [0.05, 0.1) is 30.6 Å². The van der Waals surface area contributed by atoms with Crippen LogP contribution in [-0.4, -0.2) is 45.5 Å². The molecule has 0 bridgehead atoms. The second kappa shape index (κ2) is 10.0. The molecule has 1 amide bonds. The first-order valence-electron chi connectivity index (χ1n) is 13.4. The summed E-state index contributed by atoms with van der Waals surface area (Å²) < 4.78 is 47.2. The van der Waals surface area contributed by atoms with E-state index in [0.717, 1.165) is 28.6 Å². The van der Waals surface area contributed by atoms with E-state index in [0.29, 0.717) is 42.3 Å². The molecule has 5 rings (SSSR count). The number of amides is 1. The van der Waals surface area contributed by atoms with Gasteiger partial charge in [-0.2, -0.15) is 18.3 Å². The Morgan fingerprint density at radius 3 is 2.39 bits per heavy atom. The Bertz CT molecular complexity index is 1660. The predicted octanol–water partition coefficient (Wildman–Crippen LogP) is 6.71. The summed E-state index contributed by atoms with van der Waals surface area (Å²) in [5.41, 5.74) is 3.88. The number of nitrogens with zero attached hydrogens (tertiary/aromatic N) is 6. The van der Waals surface area contributed by atoms with Gasteiger partial charge in [-0.25, -0.2) is 15.0 Å². The summed E-state index contributed by atoms with van der Waals surface area (Å²) in [5.74, 6) is 0.239. The number of aromatic nitrogens is 5. The van der Waals surface area contributed by atoms with Crippen LogP contribution < -0.4 is 4.90 Å². The van der Waals surface area contributed by atoms with E-state index in [2.05, 4.69) is 48.8 Å². The Kier molecular flexibility index (Phi) is 7.05. The first kappa shape index (κ1) is 28.9. The molecular weight excluding hydrogens is 549 g/mol. The van der Waals surface area contributed by atoms with Gasteiger partial charge in [0.2, 0.25) is 0 Å². The summed E-state index contributed by atoms with van der Waals surface area (Å²) in [6.45, 7) is 16.2. The molecule has 1 aliphatic rings. The molecule has 4 heterocycles. The maximum absolute atomic E-state index is 13.7. The van der Waals surface area contributed by atoms with Gasteiger partial charge in [-0.05, 0) is 67.9 Å². The van der Waals surface area contributed by atoms with Crippen molar-refractivity contribution < 1.29 is 22.4 Å². The molecule has 41 heavy (non-hydrogen) atoms. The van der Waals surface area contributed by atoms with Gasteiger partial charge < -0.3 is 9.33 Å². The van der Waals surface area contributed by atoms with Crippen molar-refractivity contribution in [2.45, 2.75) is 72.1 Å². The smallest absolute Gasteiger partial charge is 0.411 e. The molecule has 216 valence electrons. The van der Waals surface area contributed by atoms with Gasteiger partial charge in [-0.1, -0.05) is 20.8 Å². The second-order valence-corrected chi connectivity index (χ2v) is 16.8. The summed E-state index contributed by atoms with van der Waals surface area (Å²) in [6, 6.07) is 7.74. The fourth-order valence-corrected chi connectivity index (χ4v) is 5.54. The standard InChI is InChI=1S/C29H33F3N6O2Si/c1-17-14-19(26-33-15-21-20(35-26)9-11-24(34-21)29(30,31)32)8-10-23(17)37-12-13-38-25(27(37)39)18(2)22(36-38)16-40-41(6,7)28(3,4)5/h8-11,14-15H,12-13,16H2,1-7H3. The van der Waals surface area contributed by atoms with Crippen LogP contribution in [0.3, 0.4) is 0 Å². The maximum atomic E-state index is 13.7. The minimum absolute atomic E-state index is 0.0666. The molecule has 1 aliphatic heterocycles. The zero-order chi connectivity index (χ0) is 29.9. The zero-order valence-electron chi connectivity index (χ0n) is 24.2. The summed E-state index contributed by atoms with van der Waals surface area (Å²) in [7, 11) is -1.98. The first-order valence-corrected chi connectivity index (χ1v) is 16.3. The number of rotatable bonds is 5. The molecule has 12 heteroatoms. The molecule has 0 aliphatic carbocycles. The van der Waals surface area contributed by atoms with Crippen molar-refractivity contribution in [1.29, 1.82) is 0 Å². The van der Waals surface area contributed by atoms with Gasteiger partial charge in [0.1, 0.15) is 16.9 Å². The molecule has 0 radical (unpaired) electrons. The Morgan fingerprint density at radius 1 is 1.00 bits per heavy atom. The van der Waals surface area contributed by atoms with Crippen LogP contribution in [0.2, 0.25) is 18.1 Å². The van der Waals surface area contributed by atoms with E-state index in [1.807, 2.05) is 32.0 Å². The zero-order valence-corrected chi connectivity index (χ0v) is 25.2. The molecule has 0 N–H and O–H groups in total. The molecule has 3 aromatic heterocycles. The molecule has 0 saturated heterocycles. The van der Waals surface area contributed by atoms with Crippen molar-refractivity contribution >= 4 is 30.9 Å². The molecular formula is C29H33F3N6O2Si. The van der Waals surface area contributed by atoms with Crippen molar-refractivity contribution in [2.75, 3.05) is 11.4 Å². The fraction of sp³-hybridized carbons (Fsp3) is 0.414. The molecule has 8 nitrogen and oxygen atoms in total. The Morgan fingerprint density at radius 2 is 1.73 bits per heavy atom. The highest BCUT2D eigenvalue weighted by Crippen LogP contribution is 2.37. The maximum Gasteiger partial charge on any atom is 0.433 e. The normalized spacial score (nSPS) is 14.6. The largest absolute Gasteiger partial charge is 0.433 e. The highest BCUT2D eigenvalue weighted by atomic mass is 28.4. The third-order valence-corrected chi connectivity index (χ3v) is 12.6. The molecule has 4 aromatic rings. The number of carbonyl (C=O) groups is 1. The molecule has 0 saturated carbocycles. The van der Waals surface area contributed by atoms with Gasteiger partial charge in [0, 0.05) is 23.4 Å². The van der Waals surface area contributed by atoms with Crippen molar-refractivity contribution in [3.05, 3.63) is 64.7 Å². The third-order valence-electron chi connectivity index (χ3n) is 8.12. The van der Waals surface area contributed by atoms with E-state index in [4.69, 9.17) is 9.52 Å². The average molecular weight is 583 g/mol. The average Bonchev–Trinajstić information content (AvgIpc) is 3.22. The highest BCUT2D eigenvalue weighted by molar-refractivity contribution is 6.74. The molecule has 0 unspecified atom stereocenters. The topological polar surface area (TPSA) is 86.0 Å². The van der Waals surface area contributed by atoms with E-state index in [9.17, 15) is 18.0 Å². The molecule has 0 fully saturated rings. The van der Waals surface area contributed by atoms with Crippen LogP contribution in [0, 0.1) is 13.8 Å². The van der Waals surface area contributed by atoms with Gasteiger partial charge in [-0.15, -0.1) is 0 Å². The van der Waals surface area contributed by atoms with E-state index < -0.39 is 20.2 Å². The summed E-state index contributed by atoms with van der Waals surface area (Å²) in [5, 5.41) is 4.79. The van der Waals surface area contributed by atoms with Crippen LogP contribution >= 0.6 is 0 Å². The summed E-state index contributed by atoms with van der Waals surface area (Å²) in [4.78, 5) is 27.7. The Balaban J connectivity index is 1.38.